The molecule has 0 bridgehead atoms. The van der Waals surface area contributed by atoms with Gasteiger partial charge in [-0.3, -0.25) is 9.11 Å². The van der Waals surface area contributed by atoms with Crippen LogP contribution >= 0.6 is 0 Å². The summed E-state index contributed by atoms with van der Waals surface area (Å²) in [6.45, 7) is 3.33. The Kier molecular flexibility index (Phi) is 5.17. The molecule has 3 rings (SSSR count). The molecule has 0 unspecified atom stereocenters. The SMILES string of the molecule is Cc1ccc(N=Nc2c(S(=O)(=O)O)cc3cc(S(=O)(=O)O)cc(C)c3c2O)cc1. The van der Waals surface area contributed by atoms with E-state index in [9.17, 15) is 31.0 Å². The first-order chi connectivity index (χ1) is 13.4. The van der Waals surface area contributed by atoms with E-state index in [0.717, 1.165) is 23.8 Å². The number of phenolic OH excluding ortho intramolecular Hbond substituents is 1. The van der Waals surface area contributed by atoms with Gasteiger partial charge in [-0.2, -0.15) is 21.9 Å². The number of phenols is 1. The average Bonchev–Trinajstić information content (AvgIpc) is 2.60. The van der Waals surface area contributed by atoms with Gasteiger partial charge in [-0.05, 0) is 55.1 Å². The van der Waals surface area contributed by atoms with Crippen molar-refractivity contribution in [3.05, 3.63) is 53.6 Å². The summed E-state index contributed by atoms with van der Waals surface area (Å²) in [6.07, 6.45) is 0. The third-order valence-corrected chi connectivity index (χ3v) is 5.89. The molecule has 0 aliphatic heterocycles. The van der Waals surface area contributed by atoms with E-state index in [2.05, 4.69) is 10.2 Å². The molecule has 0 spiro atoms. The Balaban J connectivity index is 2.32. The van der Waals surface area contributed by atoms with Gasteiger partial charge in [-0.1, -0.05) is 17.7 Å². The van der Waals surface area contributed by atoms with E-state index in [1.165, 1.54) is 6.92 Å². The second kappa shape index (κ2) is 7.19. The molecule has 3 aromatic carbocycles. The fraction of sp³-hybridized carbons (Fsp3) is 0.111. The number of hydrogen-bond acceptors (Lipinski definition) is 7. The normalized spacial score (nSPS) is 12.7. The van der Waals surface area contributed by atoms with Gasteiger partial charge in [0.1, 0.15) is 10.6 Å². The number of nitrogens with zero attached hydrogens (tertiary/aromatic N) is 2. The lowest BCUT2D eigenvalue weighted by Crippen LogP contribution is -2.01. The number of azo groups is 1. The van der Waals surface area contributed by atoms with Gasteiger partial charge in [0.25, 0.3) is 20.2 Å². The molecule has 0 atom stereocenters. The summed E-state index contributed by atoms with van der Waals surface area (Å²) in [5.74, 6) is -0.606. The number of rotatable bonds is 4. The average molecular weight is 436 g/mol. The van der Waals surface area contributed by atoms with Crippen LogP contribution in [0.5, 0.6) is 5.75 Å². The number of fused-ring (bicyclic) bond motifs is 1. The summed E-state index contributed by atoms with van der Waals surface area (Å²) >= 11 is 0. The van der Waals surface area contributed by atoms with Crippen molar-refractivity contribution in [3.63, 3.8) is 0 Å². The molecule has 0 fully saturated rings. The molecule has 3 aromatic rings. The van der Waals surface area contributed by atoms with E-state index in [-0.39, 0.29) is 16.3 Å². The van der Waals surface area contributed by atoms with Crippen molar-refractivity contribution in [1.82, 2.24) is 0 Å². The summed E-state index contributed by atoms with van der Waals surface area (Å²) in [5, 5.41) is 18.4. The summed E-state index contributed by atoms with van der Waals surface area (Å²) in [6, 6.07) is 9.84. The van der Waals surface area contributed by atoms with E-state index in [0.29, 0.717) is 5.69 Å². The Hall–Kier alpha value is -2.86. The van der Waals surface area contributed by atoms with Crippen molar-refractivity contribution in [2.75, 3.05) is 0 Å². The molecule has 9 nitrogen and oxygen atoms in total. The Labute approximate surface area is 166 Å². The standard InChI is InChI=1S/C18H16N2O7S2/c1-10-3-5-13(6-4-10)19-20-17-15(29(25,26)27)9-12-8-14(28(22,23)24)7-11(2)16(12)18(17)21/h3-9,21H,1-2H3,(H,22,23,24)(H,25,26,27). The summed E-state index contributed by atoms with van der Waals surface area (Å²) in [7, 11) is -9.42. The van der Waals surface area contributed by atoms with E-state index in [4.69, 9.17) is 0 Å². The van der Waals surface area contributed by atoms with Crippen LogP contribution in [0, 0.1) is 13.8 Å². The molecule has 0 aliphatic rings. The van der Waals surface area contributed by atoms with Crippen molar-refractivity contribution < 1.29 is 31.0 Å². The van der Waals surface area contributed by atoms with Crippen LogP contribution in [0.4, 0.5) is 11.4 Å². The van der Waals surface area contributed by atoms with E-state index in [1.807, 2.05) is 6.92 Å². The monoisotopic (exact) mass is 436 g/mol. The molecule has 0 saturated carbocycles. The van der Waals surface area contributed by atoms with Gasteiger partial charge in [-0.25, -0.2) is 0 Å². The Bertz CT molecular complexity index is 1360. The highest BCUT2D eigenvalue weighted by Gasteiger charge is 2.24. The zero-order chi connectivity index (χ0) is 21.6. The van der Waals surface area contributed by atoms with Gasteiger partial charge in [0, 0.05) is 5.39 Å². The van der Waals surface area contributed by atoms with E-state index < -0.39 is 41.5 Å². The summed E-state index contributed by atoms with van der Waals surface area (Å²) in [4.78, 5) is -1.25. The lowest BCUT2D eigenvalue weighted by atomic mass is 10.0. The molecule has 11 heteroatoms. The smallest absolute Gasteiger partial charge is 0.296 e. The largest absolute Gasteiger partial charge is 0.505 e. The van der Waals surface area contributed by atoms with Crippen LogP contribution < -0.4 is 0 Å². The summed E-state index contributed by atoms with van der Waals surface area (Å²) < 4.78 is 65.4. The van der Waals surface area contributed by atoms with Gasteiger partial charge >= 0.3 is 0 Å². The fourth-order valence-corrected chi connectivity index (χ4v) is 4.08. The highest BCUT2D eigenvalue weighted by molar-refractivity contribution is 7.86. The molecule has 3 N–H and O–H groups in total. The minimum absolute atomic E-state index is 0.0305. The predicted molar refractivity (Wildman–Crippen MR) is 105 cm³/mol. The lowest BCUT2D eigenvalue weighted by Gasteiger charge is -2.12. The van der Waals surface area contributed by atoms with Gasteiger partial charge in [-0.15, -0.1) is 5.11 Å². The molecular weight excluding hydrogens is 420 g/mol. The third kappa shape index (κ3) is 4.27. The van der Waals surface area contributed by atoms with Gasteiger partial charge in [0.2, 0.25) is 0 Å². The molecule has 152 valence electrons. The van der Waals surface area contributed by atoms with E-state index in [1.54, 1.807) is 24.3 Å². The second-order valence-electron chi connectivity index (χ2n) is 6.40. The minimum Gasteiger partial charge on any atom is -0.505 e. The number of hydrogen-bond donors (Lipinski definition) is 3. The Morgan fingerprint density at radius 3 is 2.00 bits per heavy atom. The van der Waals surface area contributed by atoms with Crippen molar-refractivity contribution in [2.45, 2.75) is 23.6 Å². The van der Waals surface area contributed by atoms with Crippen molar-refractivity contribution >= 4 is 42.4 Å². The topological polar surface area (TPSA) is 154 Å². The van der Waals surface area contributed by atoms with Crippen LogP contribution in [0.1, 0.15) is 11.1 Å². The quantitative estimate of drug-likeness (QED) is 0.411. The van der Waals surface area contributed by atoms with E-state index >= 15 is 0 Å². The van der Waals surface area contributed by atoms with Crippen molar-refractivity contribution in [3.8, 4) is 5.75 Å². The maximum absolute atomic E-state index is 11.8. The molecule has 0 amide bonds. The van der Waals surface area contributed by atoms with Crippen LogP contribution in [0.2, 0.25) is 0 Å². The van der Waals surface area contributed by atoms with Crippen molar-refractivity contribution in [2.24, 2.45) is 10.2 Å². The lowest BCUT2D eigenvalue weighted by molar-refractivity contribution is 0.472. The molecule has 29 heavy (non-hydrogen) atoms. The molecule has 0 saturated heterocycles. The predicted octanol–water partition coefficient (Wildman–Crippen LogP) is 4.07. The van der Waals surface area contributed by atoms with Crippen LogP contribution in [0.3, 0.4) is 0 Å². The first kappa shape index (κ1) is 20.9. The van der Waals surface area contributed by atoms with Crippen LogP contribution in [-0.4, -0.2) is 31.0 Å². The first-order valence-corrected chi connectivity index (χ1v) is 11.0. The maximum Gasteiger partial charge on any atom is 0.296 e. The number of aryl methyl sites for hydroxylation is 2. The maximum atomic E-state index is 11.8. The molecule has 0 radical (unpaired) electrons. The highest BCUT2D eigenvalue weighted by Crippen LogP contribution is 2.43. The zero-order valence-corrected chi connectivity index (χ0v) is 16.9. The number of aromatic hydroxyl groups is 1. The second-order valence-corrected chi connectivity index (χ2v) is 9.21. The van der Waals surface area contributed by atoms with Gasteiger partial charge < -0.3 is 5.11 Å². The molecule has 0 aromatic heterocycles. The number of benzene rings is 3. The molecule has 0 heterocycles. The Morgan fingerprint density at radius 2 is 1.45 bits per heavy atom. The fourth-order valence-electron chi connectivity index (χ4n) is 2.82. The van der Waals surface area contributed by atoms with Crippen LogP contribution in [-0.2, 0) is 20.2 Å². The highest BCUT2D eigenvalue weighted by atomic mass is 32.2. The van der Waals surface area contributed by atoms with Crippen molar-refractivity contribution in [1.29, 1.82) is 0 Å². The van der Waals surface area contributed by atoms with Crippen LogP contribution in [0.25, 0.3) is 10.8 Å². The van der Waals surface area contributed by atoms with Gasteiger partial charge in [0.05, 0.1) is 10.6 Å². The summed E-state index contributed by atoms with van der Waals surface area (Å²) in [5.41, 5.74) is 1.10. The molecule has 0 aliphatic carbocycles. The zero-order valence-electron chi connectivity index (χ0n) is 15.2. The van der Waals surface area contributed by atoms with Gasteiger partial charge in [0.15, 0.2) is 5.75 Å². The first-order valence-electron chi connectivity index (χ1n) is 8.11. The third-order valence-electron chi connectivity index (χ3n) is 4.20. The minimum atomic E-state index is -4.85. The Morgan fingerprint density at radius 1 is 0.828 bits per heavy atom. The van der Waals surface area contributed by atoms with Crippen LogP contribution in [0.15, 0.2) is 62.5 Å². The molecular formula is C18H16N2O7S2.